The molecule has 0 amide bonds. The van der Waals surface area contributed by atoms with Gasteiger partial charge in [0, 0.05) is 17.5 Å². The van der Waals surface area contributed by atoms with Crippen LogP contribution >= 0.6 is 11.5 Å². The van der Waals surface area contributed by atoms with Gasteiger partial charge in [0.25, 0.3) is 0 Å². The Hall–Kier alpha value is -1.17. The standard InChI is InChI=1S/C10H15N3O2S/c1-6(2)7-11-9(16-13-7)12-10(8(14)15)4-3-5-10/h6H,3-5H2,1-2H3,(H,14,15)(H,11,12,13). The minimum absolute atomic E-state index is 0.272. The predicted molar refractivity (Wildman–Crippen MR) is 61.8 cm³/mol. The van der Waals surface area contributed by atoms with E-state index in [2.05, 4.69) is 14.7 Å². The van der Waals surface area contributed by atoms with Crippen molar-refractivity contribution < 1.29 is 9.90 Å². The average molecular weight is 241 g/mol. The molecule has 0 unspecified atom stereocenters. The summed E-state index contributed by atoms with van der Waals surface area (Å²) in [6.45, 7) is 4.03. The molecular weight excluding hydrogens is 226 g/mol. The van der Waals surface area contributed by atoms with Gasteiger partial charge in [-0.05, 0) is 19.3 Å². The first-order chi connectivity index (χ1) is 7.53. The first-order valence-corrected chi connectivity index (χ1v) is 6.16. The van der Waals surface area contributed by atoms with E-state index in [0.717, 1.165) is 12.2 Å². The average Bonchev–Trinajstić information content (AvgIpc) is 2.58. The van der Waals surface area contributed by atoms with Crippen molar-refractivity contribution in [1.82, 2.24) is 9.36 Å². The second kappa shape index (κ2) is 4.01. The van der Waals surface area contributed by atoms with Crippen molar-refractivity contribution in [3.05, 3.63) is 5.82 Å². The van der Waals surface area contributed by atoms with Crippen molar-refractivity contribution in [3.8, 4) is 0 Å². The van der Waals surface area contributed by atoms with Crippen LogP contribution in [0.4, 0.5) is 5.13 Å². The molecule has 2 N–H and O–H groups in total. The zero-order valence-corrected chi connectivity index (χ0v) is 10.2. The Bertz CT molecular complexity index is 399. The van der Waals surface area contributed by atoms with Crippen LogP contribution in [0.1, 0.15) is 44.9 Å². The summed E-state index contributed by atoms with van der Waals surface area (Å²) in [4.78, 5) is 15.4. The molecule has 5 nitrogen and oxygen atoms in total. The molecule has 0 atom stereocenters. The molecule has 0 aliphatic heterocycles. The second-order valence-electron chi connectivity index (χ2n) is 4.48. The zero-order valence-electron chi connectivity index (χ0n) is 9.36. The Morgan fingerprint density at radius 3 is 2.62 bits per heavy atom. The van der Waals surface area contributed by atoms with Crippen molar-refractivity contribution in [1.29, 1.82) is 0 Å². The molecule has 6 heteroatoms. The van der Waals surface area contributed by atoms with Crippen LogP contribution in [-0.2, 0) is 4.79 Å². The number of hydrogen-bond acceptors (Lipinski definition) is 5. The Morgan fingerprint density at radius 1 is 1.56 bits per heavy atom. The molecule has 0 saturated heterocycles. The third-order valence-electron chi connectivity index (χ3n) is 2.92. The molecule has 1 saturated carbocycles. The maximum atomic E-state index is 11.1. The van der Waals surface area contributed by atoms with Crippen LogP contribution in [0.15, 0.2) is 0 Å². The fraction of sp³-hybridized carbons (Fsp3) is 0.700. The van der Waals surface area contributed by atoms with Gasteiger partial charge in [-0.3, -0.25) is 0 Å². The number of carboxylic acid groups (broad SMARTS) is 1. The normalized spacial score (nSPS) is 18.2. The quantitative estimate of drug-likeness (QED) is 0.844. The van der Waals surface area contributed by atoms with E-state index in [0.29, 0.717) is 18.0 Å². The number of nitrogens with one attached hydrogen (secondary N) is 1. The minimum atomic E-state index is -0.798. The highest BCUT2D eigenvalue weighted by atomic mass is 32.1. The molecule has 0 aromatic carbocycles. The summed E-state index contributed by atoms with van der Waals surface area (Å²) < 4.78 is 4.19. The monoisotopic (exact) mass is 241 g/mol. The van der Waals surface area contributed by atoms with Crippen LogP contribution in [0.25, 0.3) is 0 Å². The SMILES string of the molecule is CC(C)c1nsc(NC2(C(=O)O)CCC2)n1. The van der Waals surface area contributed by atoms with E-state index in [9.17, 15) is 4.79 Å². The topological polar surface area (TPSA) is 75.1 Å². The number of carbonyl (C=O) groups is 1. The lowest BCUT2D eigenvalue weighted by molar-refractivity contribution is -0.145. The van der Waals surface area contributed by atoms with Gasteiger partial charge < -0.3 is 10.4 Å². The maximum absolute atomic E-state index is 11.1. The first kappa shape index (κ1) is 11.3. The summed E-state index contributed by atoms with van der Waals surface area (Å²) in [7, 11) is 0. The maximum Gasteiger partial charge on any atom is 0.329 e. The van der Waals surface area contributed by atoms with Crippen LogP contribution in [0.2, 0.25) is 0 Å². The van der Waals surface area contributed by atoms with Crippen LogP contribution in [0.3, 0.4) is 0 Å². The number of nitrogens with zero attached hydrogens (tertiary/aromatic N) is 2. The molecule has 1 heterocycles. The third kappa shape index (κ3) is 1.89. The van der Waals surface area contributed by atoms with Crippen LogP contribution < -0.4 is 5.32 Å². The van der Waals surface area contributed by atoms with Gasteiger partial charge >= 0.3 is 5.97 Å². The Labute approximate surface area is 98.1 Å². The molecule has 1 aromatic rings. The van der Waals surface area contributed by atoms with Gasteiger partial charge in [-0.25, -0.2) is 9.78 Å². The summed E-state index contributed by atoms with van der Waals surface area (Å²) in [5.74, 6) is 0.251. The highest BCUT2D eigenvalue weighted by molar-refractivity contribution is 7.09. The smallest absolute Gasteiger partial charge is 0.329 e. The van der Waals surface area contributed by atoms with Crippen LogP contribution in [-0.4, -0.2) is 26.0 Å². The van der Waals surface area contributed by atoms with Gasteiger partial charge in [-0.1, -0.05) is 13.8 Å². The molecule has 2 rings (SSSR count). The van der Waals surface area contributed by atoms with Crippen molar-refractivity contribution in [3.63, 3.8) is 0 Å². The molecule has 1 aliphatic carbocycles. The fourth-order valence-electron chi connectivity index (χ4n) is 1.65. The number of rotatable bonds is 4. The lowest BCUT2D eigenvalue weighted by Crippen LogP contribution is -2.52. The van der Waals surface area contributed by atoms with Crippen LogP contribution in [0.5, 0.6) is 0 Å². The van der Waals surface area contributed by atoms with Crippen molar-refractivity contribution in [2.45, 2.75) is 44.6 Å². The molecule has 1 aliphatic rings. The Balaban J connectivity index is 2.11. The highest BCUT2D eigenvalue weighted by Gasteiger charge is 2.45. The van der Waals surface area contributed by atoms with Gasteiger partial charge in [0.2, 0.25) is 5.13 Å². The van der Waals surface area contributed by atoms with E-state index in [1.54, 1.807) is 0 Å². The number of aliphatic carboxylic acids is 1. The Kier molecular flexibility index (Phi) is 2.84. The van der Waals surface area contributed by atoms with E-state index >= 15 is 0 Å². The minimum Gasteiger partial charge on any atom is -0.480 e. The molecular formula is C10H15N3O2S. The number of aromatic nitrogens is 2. The number of hydrogen-bond donors (Lipinski definition) is 2. The molecule has 88 valence electrons. The first-order valence-electron chi connectivity index (χ1n) is 5.39. The highest BCUT2D eigenvalue weighted by Crippen LogP contribution is 2.36. The molecule has 0 bridgehead atoms. The number of anilines is 1. The van der Waals surface area contributed by atoms with E-state index in [-0.39, 0.29) is 5.92 Å². The Morgan fingerprint density at radius 2 is 2.25 bits per heavy atom. The van der Waals surface area contributed by atoms with Gasteiger partial charge in [-0.2, -0.15) is 4.37 Å². The van der Waals surface area contributed by atoms with Crippen molar-refractivity contribution in [2.75, 3.05) is 5.32 Å². The molecule has 0 spiro atoms. The van der Waals surface area contributed by atoms with Gasteiger partial charge in [0.1, 0.15) is 11.4 Å². The predicted octanol–water partition coefficient (Wildman–Crippen LogP) is 2.08. The molecule has 1 fully saturated rings. The van der Waals surface area contributed by atoms with Gasteiger partial charge in [-0.15, -0.1) is 0 Å². The van der Waals surface area contributed by atoms with E-state index in [1.165, 1.54) is 11.5 Å². The van der Waals surface area contributed by atoms with Gasteiger partial charge in [0.15, 0.2) is 0 Å². The summed E-state index contributed by atoms with van der Waals surface area (Å²) in [6.07, 6.45) is 2.28. The molecule has 0 radical (unpaired) electrons. The summed E-state index contributed by atoms with van der Waals surface area (Å²) in [5, 5.41) is 12.8. The van der Waals surface area contributed by atoms with Gasteiger partial charge in [0.05, 0.1) is 0 Å². The second-order valence-corrected chi connectivity index (χ2v) is 5.23. The van der Waals surface area contributed by atoms with E-state index in [1.807, 2.05) is 13.8 Å². The lowest BCUT2D eigenvalue weighted by atomic mass is 9.77. The summed E-state index contributed by atoms with van der Waals surface area (Å²) in [5.41, 5.74) is -0.798. The van der Waals surface area contributed by atoms with E-state index in [4.69, 9.17) is 5.11 Å². The lowest BCUT2D eigenvalue weighted by Gasteiger charge is -2.37. The summed E-state index contributed by atoms with van der Waals surface area (Å²) in [6, 6.07) is 0. The van der Waals surface area contributed by atoms with Crippen molar-refractivity contribution >= 4 is 22.6 Å². The van der Waals surface area contributed by atoms with Crippen LogP contribution in [0, 0.1) is 0 Å². The molecule has 16 heavy (non-hydrogen) atoms. The fourth-order valence-corrected chi connectivity index (χ4v) is 2.45. The largest absolute Gasteiger partial charge is 0.480 e. The number of carboxylic acids is 1. The molecule has 1 aromatic heterocycles. The third-order valence-corrected chi connectivity index (χ3v) is 3.57. The summed E-state index contributed by atoms with van der Waals surface area (Å²) >= 11 is 1.24. The van der Waals surface area contributed by atoms with Crippen molar-refractivity contribution in [2.24, 2.45) is 0 Å². The zero-order chi connectivity index (χ0) is 11.8. The van der Waals surface area contributed by atoms with E-state index < -0.39 is 11.5 Å².